The molecule has 0 radical (unpaired) electrons. The number of phenolic OH excluding ortho intramolecular Hbond substituents is 1. The molecule has 0 aliphatic carbocycles. The highest BCUT2D eigenvalue weighted by atomic mass is 16.3. The fraction of sp³-hybridized carbons (Fsp3) is 0.500. The zero-order valence-corrected chi connectivity index (χ0v) is 10.4. The Morgan fingerprint density at radius 1 is 1.33 bits per heavy atom. The smallest absolute Gasteiger partial charge is 0.222 e. The van der Waals surface area contributed by atoms with Gasteiger partial charge in [-0.2, -0.15) is 0 Å². The van der Waals surface area contributed by atoms with E-state index in [0.717, 1.165) is 38.2 Å². The maximum absolute atomic E-state index is 11.6. The van der Waals surface area contributed by atoms with Crippen molar-refractivity contribution in [3.05, 3.63) is 29.8 Å². The molecule has 0 bridgehead atoms. The lowest BCUT2D eigenvalue weighted by atomic mass is 10.1. The second-order valence-corrected chi connectivity index (χ2v) is 5.18. The third-order valence-electron chi connectivity index (χ3n) is 3.90. The molecular formula is C14H18N2O2. The summed E-state index contributed by atoms with van der Waals surface area (Å²) in [4.78, 5) is 16.0. The molecule has 0 aromatic heterocycles. The summed E-state index contributed by atoms with van der Waals surface area (Å²) in [5, 5.41) is 9.46. The van der Waals surface area contributed by atoms with Crippen molar-refractivity contribution in [3.63, 3.8) is 0 Å². The number of phenols is 1. The second-order valence-electron chi connectivity index (χ2n) is 5.18. The van der Waals surface area contributed by atoms with Gasteiger partial charge in [-0.25, -0.2) is 0 Å². The molecule has 3 rings (SSSR count). The highest BCUT2D eigenvalue weighted by Gasteiger charge is 2.35. The van der Waals surface area contributed by atoms with Crippen LogP contribution in [-0.2, 0) is 11.3 Å². The lowest BCUT2D eigenvalue weighted by molar-refractivity contribution is -0.130. The minimum Gasteiger partial charge on any atom is -0.508 e. The molecule has 2 saturated heterocycles. The van der Waals surface area contributed by atoms with Gasteiger partial charge in [0, 0.05) is 38.6 Å². The molecule has 1 unspecified atom stereocenters. The zero-order chi connectivity index (χ0) is 12.5. The lowest BCUT2D eigenvalue weighted by Crippen LogP contribution is -2.50. The lowest BCUT2D eigenvalue weighted by Gasteiger charge is -2.37. The molecule has 2 aliphatic rings. The monoisotopic (exact) mass is 246 g/mol. The van der Waals surface area contributed by atoms with Crippen LogP contribution in [0, 0.1) is 0 Å². The van der Waals surface area contributed by atoms with Crippen LogP contribution in [0.15, 0.2) is 24.3 Å². The number of hydrogen-bond acceptors (Lipinski definition) is 3. The molecule has 2 fully saturated rings. The minimum atomic E-state index is 0.317. The van der Waals surface area contributed by atoms with E-state index in [1.165, 1.54) is 0 Å². The summed E-state index contributed by atoms with van der Waals surface area (Å²) in [6.45, 7) is 3.59. The Hall–Kier alpha value is -1.55. The number of rotatable bonds is 2. The fourth-order valence-electron chi connectivity index (χ4n) is 2.99. The van der Waals surface area contributed by atoms with Gasteiger partial charge in [-0.1, -0.05) is 12.1 Å². The number of fused-ring (bicyclic) bond motifs is 1. The van der Waals surface area contributed by atoms with Crippen LogP contribution in [0.1, 0.15) is 18.4 Å². The maximum Gasteiger partial charge on any atom is 0.222 e. The van der Waals surface area contributed by atoms with E-state index in [-0.39, 0.29) is 0 Å². The average molecular weight is 246 g/mol. The summed E-state index contributed by atoms with van der Waals surface area (Å²) in [6, 6.07) is 7.82. The van der Waals surface area contributed by atoms with Crippen LogP contribution in [0.25, 0.3) is 0 Å². The van der Waals surface area contributed by atoms with Crippen molar-refractivity contribution in [3.8, 4) is 5.75 Å². The minimum absolute atomic E-state index is 0.317. The van der Waals surface area contributed by atoms with Crippen LogP contribution in [0.3, 0.4) is 0 Å². The van der Waals surface area contributed by atoms with E-state index in [1.807, 2.05) is 23.1 Å². The molecule has 1 N–H and O–H groups in total. The van der Waals surface area contributed by atoms with Crippen LogP contribution in [0.5, 0.6) is 5.75 Å². The van der Waals surface area contributed by atoms with Crippen LogP contribution in [0.4, 0.5) is 0 Å². The number of nitrogens with zero attached hydrogens (tertiary/aromatic N) is 2. The first-order chi connectivity index (χ1) is 8.72. The number of piperazine rings is 1. The fourth-order valence-corrected chi connectivity index (χ4v) is 2.99. The predicted octanol–water partition coefficient (Wildman–Crippen LogP) is 1.20. The molecule has 1 aromatic carbocycles. The summed E-state index contributed by atoms with van der Waals surface area (Å²) in [5.74, 6) is 0.638. The normalized spacial score (nSPS) is 24.3. The van der Waals surface area contributed by atoms with Gasteiger partial charge in [-0.05, 0) is 24.1 Å². The van der Waals surface area contributed by atoms with Gasteiger partial charge in [-0.3, -0.25) is 9.69 Å². The Balaban J connectivity index is 1.64. The zero-order valence-electron chi connectivity index (χ0n) is 10.4. The number of benzene rings is 1. The van der Waals surface area contributed by atoms with Gasteiger partial charge < -0.3 is 10.0 Å². The van der Waals surface area contributed by atoms with Crippen molar-refractivity contribution < 1.29 is 9.90 Å². The second kappa shape index (κ2) is 4.61. The molecule has 2 heterocycles. The molecule has 96 valence electrons. The number of hydrogen-bond donors (Lipinski definition) is 1. The van der Waals surface area contributed by atoms with E-state index in [1.54, 1.807) is 6.07 Å². The topological polar surface area (TPSA) is 43.8 Å². The Kier molecular flexibility index (Phi) is 2.96. The van der Waals surface area contributed by atoms with Crippen molar-refractivity contribution in [2.24, 2.45) is 0 Å². The molecule has 18 heavy (non-hydrogen) atoms. The first-order valence-corrected chi connectivity index (χ1v) is 6.52. The number of carbonyl (C=O) groups is 1. The van der Waals surface area contributed by atoms with E-state index in [0.29, 0.717) is 24.1 Å². The van der Waals surface area contributed by atoms with Gasteiger partial charge in [0.05, 0.1) is 0 Å². The Bertz CT molecular complexity index is 461. The highest BCUT2D eigenvalue weighted by molar-refractivity contribution is 5.78. The molecule has 1 amide bonds. The summed E-state index contributed by atoms with van der Waals surface area (Å²) in [7, 11) is 0. The third-order valence-corrected chi connectivity index (χ3v) is 3.90. The van der Waals surface area contributed by atoms with Crippen molar-refractivity contribution >= 4 is 5.91 Å². The molecule has 0 saturated carbocycles. The molecule has 1 aromatic rings. The van der Waals surface area contributed by atoms with Crippen molar-refractivity contribution in [1.29, 1.82) is 0 Å². The maximum atomic E-state index is 11.6. The molecule has 0 spiro atoms. The van der Waals surface area contributed by atoms with E-state index in [9.17, 15) is 9.90 Å². The van der Waals surface area contributed by atoms with Gasteiger partial charge in [0.2, 0.25) is 5.91 Å². The summed E-state index contributed by atoms with van der Waals surface area (Å²) in [6.07, 6.45) is 1.71. The van der Waals surface area contributed by atoms with Crippen molar-refractivity contribution in [2.75, 3.05) is 19.6 Å². The first-order valence-electron chi connectivity index (χ1n) is 6.52. The Labute approximate surface area is 107 Å². The number of carbonyl (C=O) groups excluding carboxylic acids is 1. The van der Waals surface area contributed by atoms with E-state index in [4.69, 9.17) is 0 Å². The standard InChI is InChI=1S/C14H18N2O2/c17-13-3-1-2-11(8-13)9-15-6-7-16-12(10-15)4-5-14(16)18/h1-3,8,12,17H,4-7,9-10H2. The predicted molar refractivity (Wildman–Crippen MR) is 68.1 cm³/mol. The molecule has 1 atom stereocenters. The summed E-state index contributed by atoms with van der Waals surface area (Å²) < 4.78 is 0. The van der Waals surface area contributed by atoms with Crippen molar-refractivity contribution in [1.82, 2.24) is 9.80 Å². The summed E-state index contributed by atoms with van der Waals surface area (Å²) in [5.41, 5.74) is 1.13. The SMILES string of the molecule is O=C1CCC2CN(Cc3cccc(O)c3)CCN12. The van der Waals surface area contributed by atoms with Gasteiger partial charge in [0.1, 0.15) is 5.75 Å². The molecule has 2 aliphatic heterocycles. The molecule has 4 nitrogen and oxygen atoms in total. The van der Waals surface area contributed by atoms with E-state index >= 15 is 0 Å². The van der Waals surface area contributed by atoms with Gasteiger partial charge in [0.25, 0.3) is 0 Å². The van der Waals surface area contributed by atoms with Crippen LogP contribution in [0.2, 0.25) is 0 Å². The Morgan fingerprint density at radius 2 is 2.22 bits per heavy atom. The van der Waals surface area contributed by atoms with E-state index in [2.05, 4.69) is 4.90 Å². The number of aromatic hydroxyl groups is 1. The molecule has 4 heteroatoms. The van der Waals surface area contributed by atoms with Gasteiger partial charge in [-0.15, -0.1) is 0 Å². The molecular weight excluding hydrogens is 228 g/mol. The van der Waals surface area contributed by atoms with Crippen molar-refractivity contribution in [2.45, 2.75) is 25.4 Å². The summed E-state index contributed by atoms with van der Waals surface area (Å²) >= 11 is 0. The highest BCUT2D eigenvalue weighted by Crippen LogP contribution is 2.24. The van der Waals surface area contributed by atoms with Crippen LogP contribution < -0.4 is 0 Å². The first kappa shape index (κ1) is 11.5. The van der Waals surface area contributed by atoms with E-state index < -0.39 is 0 Å². The Morgan fingerprint density at radius 3 is 3.06 bits per heavy atom. The third kappa shape index (κ3) is 2.20. The largest absolute Gasteiger partial charge is 0.508 e. The number of amides is 1. The van der Waals surface area contributed by atoms with Gasteiger partial charge in [0.15, 0.2) is 0 Å². The average Bonchev–Trinajstić information content (AvgIpc) is 2.71. The van der Waals surface area contributed by atoms with Gasteiger partial charge >= 0.3 is 0 Å². The van der Waals surface area contributed by atoms with Crippen LogP contribution in [-0.4, -0.2) is 46.5 Å². The quantitative estimate of drug-likeness (QED) is 0.852. The van der Waals surface area contributed by atoms with Crippen LogP contribution >= 0.6 is 0 Å².